The van der Waals surface area contributed by atoms with Gasteiger partial charge in [0, 0.05) is 52.1 Å². The van der Waals surface area contributed by atoms with Crippen molar-refractivity contribution in [1.82, 2.24) is 25.8 Å². The van der Waals surface area contributed by atoms with Crippen LogP contribution in [0.1, 0.15) is 104 Å². The molecule has 4 aliphatic heterocycles. The first-order valence-electron chi connectivity index (χ1n) is 24.0. The number of nitrogens with zero attached hydrogens (tertiary/aromatic N) is 2. The van der Waals surface area contributed by atoms with Crippen molar-refractivity contribution < 1.29 is 87.3 Å². The second-order valence-corrected chi connectivity index (χ2v) is 22.3. The predicted octanol–water partition coefficient (Wildman–Crippen LogP) is 2.35. The molecule has 0 aromatic rings. The molecule has 4 saturated heterocycles. The number of nitrogens with one attached hydrogen (secondary N) is 3. The molecule has 7 aliphatic rings. The highest BCUT2D eigenvalue weighted by Gasteiger charge is 2.73. The van der Waals surface area contributed by atoms with Gasteiger partial charge in [-0.05, 0) is 64.2 Å². The first-order valence-corrected chi connectivity index (χ1v) is 24.4. The van der Waals surface area contributed by atoms with Gasteiger partial charge in [0.2, 0.25) is 29.5 Å². The van der Waals surface area contributed by atoms with Crippen molar-refractivity contribution in [2.75, 3.05) is 57.9 Å². The Morgan fingerprint density at radius 3 is 1.29 bits per heavy atom. The maximum absolute atomic E-state index is 12.0. The Kier molecular flexibility index (Phi) is 21.3. The molecule has 72 heavy (non-hydrogen) atoms. The van der Waals surface area contributed by atoms with Crippen LogP contribution in [0.15, 0.2) is 0 Å². The molecule has 406 valence electrons. The van der Waals surface area contributed by atoms with E-state index in [1.165, 1.54) is 9.80 Å². The van der Waals surface area contributed by atoms with Crippen molar-refractivity contribution >= 4 is 83.3 Å². The summed E-state index contributed by atoms with van der Waals surface area (Å²) in [6.45, 7) is 24.0. The number of likely N-dealkylation sites (tertiary alicyclic amines) is 2. The minimum Gasteiger partial charge on any atom is -0.481 e. The molecule has 0 radical (unpaired) electrons. The monoisotopic (exact) mass is 1050 g/mol. The molecule has 7 fully saturated rings. The maximum atomic E-state index is 12.0. The van der Waals surface area contributed by atoms with Crippen molar-refractivity contribution in [3.63, 3.8) is 0 Å². The molecule has 0 aromatic carbocycles. The number of imide groups is 2. The standard InChI is InChI=1S/C14H22N2O4.C13H18N2O5S.C7H16N2O2.C7H8O3.C5H6O3.CH3F/c1-13(2,3)20-12(19)15-6-7-16-10(17)8-9(11(16)18)14(8,4)5;1-13(2)9-10(13)12(20)15(11(9)19)4-3-14-7(16)5-21-6-8(17)18;1-7(2,3)11-6(10)9-5-4-8;1-7(2)3-4(7)6(9)10-5(3)8;6-4-2-1-3-5(7)8-4;1-2/h8-9H,6-7H2,1-5H3,(H,15,19);9-10H,3-6H2,1-2H3,(H,14,16)(H,17,18);4-5,8H2,1-3H3,(H,9,10);3-4H,1-2H3;1-3H2;1H3/i;;;;;1D. The number of ether oxygens (including phenoxy) is 4. The molecule has 0 spiro atoms. The van der Waals surface area contributed by atoms with E-state index in [2.05, 4.69) is 25.4 Å². The van der Waals surface area contributed by atoms with Crippen LogP contribution in [-0.4, -0.2) is 156 Å². The molecule has 0 bridgehead atoms. The average Bonchev–Trinajstić information content (AvgIpc) is 4.05. The Balaban J connectivity index is 0.000000322. The second-order valence-electron chi connectivity index (χ2n) is 21.3. The lowest BCUT2D eigenvalue weighted by Crippen LogP contribution is -2.42. The van der Waals surface area contributed by atoms with Crippen LogP contribution in [0.25, 0.3) is 0 Å². The van der Waals surface area contributed by atoms with Gasteiger partial charge in [0.15, 0.2) is 0 Å². The quantitative estimate of drug-likeness (QED) is 0.0810. The number of halogens is 1. The molecule has 6 atom stereocenters. The van der Waals surface area contributed by atoms with E-state index < -0.39 is 36.5 Å². The Bertz CT molecular complexity index is 2040. The largest absolute Gasteiger partial charge is 0.481 e. The maximum Gasteiger partial charge on any atom is 0.407 e. The third kappa shape index (κ3) is 17.2. The molecule has 7 rings (SSSR count). The highest BCUT2D eigenvalue weighted by molar-refractivity contribution is 8.00. The van der Waals surface area contributed by atoms with Crippen LogP contribution in [0, 0.1) is 51.8 Å². The van der Waals surface area contributed by atoms with Gasteiger partial charge in [-0.3, -0.25) is 62.1 Å². The number of aliphatic carboxylic acids is 1. The fraction of sp³-hybridized carbons (Fsp3) is 0.745. The van der Waals surface area contributed by atoms with E-state index in [1.807, 2.05) is 62.3 Å². The van der Waals surface area contributed by atoms with Crippen LogP contribution in [0.4, 0.5) is 14.0 Å². The normalized spacial score (nSPS) is 25.0. The van der Waals surface area contributed by atoms with Gasteiger partial charge in [-0.2, -0.15) is 0 Å². The molecule has 3 aliphatic carbocycles. The Morgan fingerprint density at radius 2 is 1.00 bits per heavy atom. The number of alkyl halides is 1. The third-order valence-electron chi connectivity index (χ3n) is 12.2. The van der Waals surface area contributed by atoms with E-state index in [9.17, 15) is 61.9 Å². The van der Waals surface area contributed by atoms with Gasteiger partial charge in [-0.1, -0.05) is 41.5 Å². The Morgan fingerprint density at radius 1 is 0.653 bits per heavy atom. The van der Waals surface area contributed by atoms with Crippen molar-refractivity contribution in [3.05, 3.63) is 0 Å². The van der Waals surface area contributed by atoms with Gasteiger partial charge in [-0.15, -0.1) is 11.8 Å². The van der Waals surface area contributed by atoms with E-state index in [1.54, 1.807) is 20.8 Å². The van der Waals surface area contributed by atoms with Crippen LogP contribution < -0.4 is 21.7 Å². The van der Waals surface area contributed by atoms with Gasteiger partial charge < -0.3 is 45.7 Å². The molecule has 25 heteroatoms. The molecular weight excluding hydrogens is 972 g/mol. The van der Waals surface area contributed by atoms with E-state index >= 15 is 0 Å². The van der Waals surface area contributed by atoms with Crippen LogP contribution in [-0.2, 0) is 66.9 Å². The number of rotatable bonds is 12. The van der Waals surface area contributed by atoms with Crippen LogP contribution in [0.3, 0.4) is 0 Å². The lowest BCUT2D eigenvalue weighted by molar-refractivity contribution is -0.163. The summed E-state index contributed by atoms with van der Waals surface area (Å²) in [5, 5.41) is 16.1. The number of carbonyl (C=O) groups excluding carboxylic acids is 11. The summed E-state index contributed by atoms with van der Waals surface area (Å²) in [6, 6.07) is 0. The van der Waals surface area contributed by atoms with Crippen LogP contribution >= 0.6 is 11.8 Å². The zero-order chi connectivity index (χ0) is 56.2. The van der Waals surface area contributed by atoms with E-state index in [0.717, 1.165) is 11.8 Å². The van der Waals surface area contributed by atoms with Gasteiger partial charge >= 0.3 is 42.0 Å². The first kappa shape index (κ1) is 60.6. The zero-order valence-electron chi connectivity index (χ0n) is 44.2. The molecule has 6 unspecified atom stereocenters. The fourth-order valence-electron chi connectivity index (χ4n) is 8.46. The third-order valence-corrected chi connectivity index (χ3v) is 13.2. The highest BCUT2D eigenvalue weighted by atomic mass is 32.2. The lowest BCUT2D eigenvalue weighted by Gasteiger charge is -2.22. The van der Waals surface area contributed by atoms with Crippen molar-refractivity contribution in [2.45, 2.75) is 114 Å². The lowest BCUT2D eigenvalue weighted by atomic mass is 10.1. The smallest absolute Gasteiger partial charge is 0.407 e. The van der Waals surface area contributed by atoms with E-state index in [4.69, 9.17) is 21.7 Å². The number of fused-ring (bicyclic) bond motifs is 3. The highest BCUT2D eigenvalue weighted by Crippen LogP contribution is 2.64. The summed E-state index contributed by atoms with van der Waals surface area (Å²) < 4.78 is 34.1. The SMILES string of the molecule is CC(C)(C)OC(=O)NCCN.CC(C)(C)OC(=O)NCCN1C(=O)C2C(C1=O)C2(C)C.CC1(C)C2C(=O)N(CCNC(=O)CSCC(=O)O)C(=O)C21.CC1(C)C2C(=O)OC(=O)C21.O=C1CCCC(=O)O1.[2H]CF. The summed E-state index contributed by atoms with van der Waals surface area (Å²) in [6.07, 6.45) is 0.486. The number of nitrogens with two attached hydrogens (primary N) is 1. The second kappa shape index (κ2) is 25.3. The first-order chi connectivity index (χ1) is 33.5. The number of thioether (sulfide) groups is 1. The van der Waals surface area contributed by atoms with E-state index in [-0.39, 0.29) is 143 Å². The molecule has 7 amide bonds. The van der Waals surface area contributed by atoms with Crippen molar-refractivity contribution in [1.29, 1.82) is 0 Å². The number of carboxylic acids is 1. The van der Waals surface area contributed by atoms with Gasteiger partial charge in [0.25, 0.3) is 0 Å². The summed E-state index contributed by atoms with van der Waals surface area (Å²) in [7, 11) is -1.00. The minimum absolute atomic E-state index is 0.0481. The topological polar surface area (TPSA) is 331 Å². The van der Waals surface area contributed by atoms with Crippen molar-refractivity contribution in [2.24, 2.45) is 57.5 Å². The van der Waals surface area contributed by atoms with Gasteiger partial charge in [0.05, 0.1) is 55.5 Å². The van der Waals surface area contributed by atoms with Crippen molar-refractivity contribution in [3.8, 4) is 0 Å². The molecule has 4 heterocycles. The number of hydrogen-bond donors (Lipinski definition) is 5. The van der Waals surface area contributed by atoms with Crippen LogP contribution in [0.2, 0.25) is 0 Å². The van der Waals surface area contributed by atoms with E-state index in [0.29, 0.717) is 32.4 Å². The summed E-state index contributed by atoms with van der Waals surface area (Å²) in [5.74, 6) is -4.34. The zero-order valence-corrected chi connectivity index (χ0v) is 44.0. The summed E-state index contributed by atoms with van der Waals surface area (Å²) in [5.41, 5.74) is 3.65. The number of piperidine rings is 2. The summed E-state index contributed by atoms with van der Waals surface area (Å²) >= 11 is 1.00. The molecular formula is C47H73FN6O17S. The Hall–Kier alpha value is -5.72. The molecule has 6 N–H and O–H groups in total. The number of esters is 4. The van der Waals surface area contributed by atoms with Gasteiger partial charge in [0.1, 0.15) is 11.2 Å². The van der Waals surface area contributed by atoms with Crippen LogP contribution in [0.5, 0.6) is 0 Å². The number of amides is 7. The average molecular weight is 1050 g/mol. The van der Waals surface area contributed by atoms with Gasteiger partial charge in [-0.25, -0.2) is 9.59 Å². The molecule has 3 saturated carbocycles. The molecule has 23 nitrogen and oxygen atoms in total. The number of cyclic esters (lactones) is 4. The predicted molar refractivity (Wildman–Crippen MR) is 254 cm³/mol. The minimum atomic E-state index is -1.00. The Labute approximate surface area is 424 Å². The number of carboxylic acid groups (broad SMARTS) is 1. The fourth-order valence-corrected chi connectivity index (χ4v) is 9.02. The number of hydrogen-bond acceptors (Lipinski definition) is 18. The number of alkyl carbamates (subject to hydrolysis) is 2. The summed E-state index contributed by atoms with van der Waals surface area (Å²) in [4.78, 5) is 137. The number of carbonyl (C=O) groups is 12. The molecule has 0 aromatic heterocycles.